The molecule has 3 aromatic carbocycles. The van der Waals surface area contributed by atoms with E-state index in [0.29, 0.717) is 0 Å². The van der Waals surface area contributed by atoms with Gasteiger partial charge in [-0.3, -0.25) is 5.82 Å². The van der Waals surface area contributed by atoms with Crippen molar-refractivity contribution in [1.29, 1.82) is 0 Å². The molecule has 0 saturated carbocycles. The number of halogens is 15. The molecule has 206 valence electrons. The third-order valence-corrected chi connectivity index (χ3v) is 5.53. The molecule has 0 heterocycles. The molecule has 3 aromatic rings. The summed E-state index contributed by atoms with van der Waals surface area (Å²) in [6.45, 7) is 3.92. The molecule has 0 aliphatic rings. The van der Waals surface area contributed by atoms with Crippen LogP contribution in [-0.2, 0) is 0 Å². The summed E-state index contributed by atoms with van der Waals surface area (Å²) in [7, 11) is 0. The van der Waals surface area contributed by atoms with Crippen LogP contribution in [0.2, 0.25) is 0 Å². The summed E-state index contributed by atoms with van der Waals surface area (Å²) in [5.41, 5.74) is -8.97. The van der Waals surface area contributed by atoms with Gasteiger partial charge in [0.1, 0.15) is 34.9 Å². The molecule has 0 nitrogen and oxygen atoms in total. The molecule has 0 saturated heterocycles. The maximum atomic E-state index is 15.1. The zero-order chi connectivity index (χ0) is 29.9. The van der Waals surface area contributed by atoms with E-state index in [1.54, 1.807) is 5.92 Å². The van der Waals surface area contributed by atoms with Crippen molar-refractivity contribution in [3.8, 4) is 11.7 Å². The third-order valence-electron chi connectivity index (χ3n) is 5.53. The van der Waals surface area contributed by atoms with Gasteiger partial charge in [-0.15, -0.1) is 22.3 Å². The van der Waals surface area contributed by atoms with Crippen molar-refractivity contribution in [1.82, 2.24) is 0 Å². The highest BCUT2D eigenvalue weighted by molar-refractivity contribution is 7.17. The fraction of sp³-hybridized carbons (Fsp3) is 0.0435. The van der Waals surface area contributed by atoms with Gasteiger partial charge in [0.2, 0.25) is 0 Å². The first-order chi connectivity index (χ1) is 17.9. The average Bonchev–Trinajstić information content (AvgIpc) is 2.89. The van der Waals surface area contributed by atoms with Crippen LogP contribution >= 0.6 is 0 Å². The molecule has 0 atom stereocenters. The lowest BCUT2D eigenvalue weighted by molar-refractivity contribution is 0.380. The van der Waals surface area contributed by atoms with Crippen LogP contribution in [0, 0.1) is 99.0 Å². The van der Waals surface area contributed by atoms with Crippen LogP contribution < -0.4 is 16.4 Å². The van der Waals surface area contributed by atoms with Crippen LogP contribution in [-0.4, -0.2) is 6.15 Å². The Kier molecular flexibility index (Phi) is 7.52. The molecular formula is C23H5BF15-. The Labute approximate surface area is 207 Å². The third kappa shape index (κ3) is 4.11. The standard InChI is InChI=1S/C23H5BF15/c1-5(2)3-4-24(6-9(25)15(31)21(37)16(32)10(6)26,7-11(27)17(33)22(38)18(34)12(7)28)8-13(29)19(35)23(39)20(36)14(8)30/h1H2,2H3/q-1. The summed E-state index contributed by atoms with van der Waals surface area (Å²) < 4.78 is 217. The van der Waals surface area contributed by atoms with Gasteiger partial charge in [0.25, 0.3) is 0 Å². The Hall–Kier alpha value is -4.03. The van der Waals surface area contributed by atoms with E-state index in [0.717, 1.165) is 6.92 Å². The molecule has 0 spiro atoms. The second-order valence-electron chi connectivity index (χ2n) is 7.87. The van der Waals surface area contributed by atoms with Crippen molar-refractivity contribution in [3.05, 3.63) is 99.4 Å². The summed E-state index contributed by atoms with van der Waals surface area (Å²) in [6.07, 6.45) is -5.87. The molecule has 0 aromatic heterocycles. The van der Waals surface area contributed by atoms with E-state index in [1.807, 2.05) is 0 Å². The van der Waals surface area contributed by atoms with Gasteiger partial charge in [-0.2, -0.15) is 0 Å². The predicted molar refractivity (Wildman–Crippen MR) is 106 cm³/mol. The lowest BCUT2D eigenvalue weighted by atomic mass is 9.15. The zero-order valence-corrected chi connectivity index (χ0v) is 18.5. The Morgan fingerprint density at radius 3 is 0.769 bits per heavy atom. The molecule has 0 radical (unpaired) electrons. The second kappa shape index (κ2) is 9.94. The van der Waals surface area contributed by atoms with Crippen molar-refractivity contribution in [2.75, 3.05) is 0 Å². The summed E-state index contributed by atoms with van der Waals surface area (Å²) in [6, 6.07) is 0. The van der Waals surface area contributed by atoms with Gasteiger partial charge in [-0.25, -0.2) is 65.9 Å². The van der Waals surface area contributed by atoms with Crippen LogP contribution in [0.5, 0.6) is 0 Å². The van der Waals surface area contributed by atoms with Gasteiger partial charge < -0.3 is 0 Å². The van der Waals surface area contributed by atoms with E-state index in [-0.39, 0.29) is 0 Å². The van der Waals surface area contributed by atoms with Crippen molar-refractivity contribution in [2.24, 2.45) is 0 Å². The molecule has 0 aliphatic heterocycles. The van der Waals surface area contributed by atoms with Crippen LogP contribution in [0.15, 0.2) is 12.2 Å². The minimum absolute atomic E-state index is 0.613. The number of rotatable bonds is 3. The van der Waals surface area contributed by atoms with Gasteiger partial charge in [-0.1, -0.05) is 6.58 Å². The molecule has 16 heteroatoms. The normalized spacial score (nSPS) is 11.5. The number of allylic oxidation sites excluding steroid dienone is 1. The summed E-state index contributed by atoms with van der Waals surface area (Å²) in [4.78, 5) is 0. The van der Waals surface area contributed by atoms with Crippen LogP contribution in [0.3, 0.4) is 0 Å². The maximum Gasteiger partial charge on any atom is 0.200 e. The summed E-state index contributed by atoms with van der Waals surface area (Å²) in [5.74, 6) is -43.4. The van der Waals surface area contributed by atoms with Gasteiger partial charge in [-0.05, 0) is 12.5 Å². The number of benzene rings is 3. The smallest absolute Gasteiger partial charge is 0.200 e. The fourth-order valence-corrected chi connectivity index (χ4v) is 3.89. The predicted octanol–water partition coefficient (Wildman–Crippen LogP) is 5.36. The Morgan fingerprint density at radius 1 is 0.410 bits per heavy atom. The fourth-order valence-electron chi connectivity index (χ4n) is 3.89. The zero-order valence-electron chi connectivity index (χ0n) is 18.5. The average molecular weight is 577 g/mol. The molecule has 0 fully saturated rings. The molecule has 0 bridgehead atoms. The Bertz CT molecular complexity index is 1390. The van der Waals surface area contributed by atoms with Crippen molar-refractivity contribution < 1.29 is 65.9 Å². The van der Waals surface area contributed by atoms with Crippen molar-refractivity contribution >= 4 is 22.5 Å². The molecule has 0 amide bonds. The van der Waals surface area contributed by atoms with Crippen LogP contribution in [0.4, 0.5) is 65.9 Å². The van der Waals surface area contributed by atoms with E-state index >= 15 is 26.3 Å². The number of hydrogen-bond donors (Lipinski definition) is 0. The van der Waals surface area contributed by atoms with Crippen molar-refractivity contribution in [2.45, 2.75) is 6.92 Å². The topological polar surface area (TPSA) is 0 Å². The first-order valence-corrected chi connectivity index (χ1v) is 9.84. The SMILES string of the molecule is C=C(C)C#C[B-](c1c(F)c(F)c(F)c(F)c1F)(c1c(F)c(F)c(F)c(F)c1F)c1c(F)c(F)c(F)c(F)c1F. The van der Waals surface area contributed by atoms with Crippen molar-refractivity contribution in [3.63, 3.8) is 0 Å². The largest absolute Gasteiger partial charge is 0.292 e. The van der Waals surface area contributed by atoms with Gasteiger partial charge in [0.15, 0.2) is 58.5 Å². The Balaban J connectivity index is 2.96. The summed E-state index contributed by atoms with van der Waals surface area (Å²) >= 11 is 0. The lowest BCUT2D eigenvalue weighted by Gasteiger charge is -2.39. The minimum atomic E-state index is -5.87. The maximum absolute atomic E-state index is 15.1. The first kappa shape index (κ1) is 29.5. The van der Waals surface area contributed by atoms with Gasteiger partial charge in [0, 0.05) is 0 Å². The number of hydrogen-bond acceptors (Lipinski definition) is 0. The quantitative estimate of drug-likeness (QED) is 0.129. The van der Waals surface area contributed by atoms with E-state index in [1.165, 1.54) is 5.82 Å². The molecule has 0 N–H and O–H groups in total. The van der Waals surface area contributed by atoms with E-state index in [9.17, 15) is 39.5 Å². The van der Waals surface area contributed by atoms with Gasteiger partial charge >= 0.3 is 0 Å². The molecular weight excluding hydrogens is 572 g/mol. The van der Waals surface area contributed by atoms with Crippen LogP contribution in [0.25, 0.3) is 0 Å². The molecule has 0 aliphatic carbocycles. The minimum Gasteiger partial charge on any atom is -0.292 e. The molecule has 39 heavy (non-hydrogen) atoms. The van der Waals surface area contributed by atoms with E-state index in [4.69, 9.17) is 0 Å². The summed E-state index contributed by atoms with van der Waals surface area (Å²) in [5, 5.41) is 0. The highest BCUT2D eigenvalue weighted by Gasteiger charge is 2.47. The Morgan fingerprint density at radius 2 is 0.590 bits per heavy atom. The monoisotopic (exact) mass is 577 g/mol. The molecule has 3 rings (SSSR count). The highest BCUT2D eigenvalue weighted by atomic mass is 19.2. The second-order valence-corrected chi connectivity index (χ2v) is 7.87. The lowest BCUT2D eigenvalue weighted by Crippen LogP contribution is -2.72. The molecule has 0 unspecified atom stereocenters. The van der Waals surface area contributed by atoms with Gasteiger partial charge in [0.05, 0.1) is 0 Å². The van der Waals surface area contributed by atoms with Crippen LogP contribution in [0.1, 0.15) is 6.92 Å². The van der Waals surface area contributed by atoms with E-state index < -0.39 is 115 Å². The first-order valence-electron chi connectivity index (χ1n) is 9.84. The van der Waals surface area contributed by atoms with E-state index in [2.05, 4.69) is 6.58 Å². The highest BCUT2D eigenvalue weighted by Crippen LogP contribution is 2.27.